The van der Waals surface area contributed by atoms with Gasteiger partial charge in [0.2, 0.25) is 0 Å². The van der Waals surface area contributed by atoms with Crippen LogP contribution in [0.3, 0.4) is 0 Å². The summed E-state index contributed by atoms with van der Waals surface area (Å²) in [6, 6.07) is 1.81. The predicted molar refractivity (Wildman–Crippen MR) is 102 cm³/mol. The number of rotatable bonds is 8. The molecule has 2 aromatic rings. The SMILES string of the molecule is Cc1nc(NCCNS(=O)(=O)c2cn(C)c(C(C)C)n2)cc(N(C)C)n1. The molecule has 2 rings (SSSR count). The molecule has 0 aromatic carbocycles. The summed E-state index contributed by atoms with van der Waals surface area (Å²) in [7, 11) is 1.95. The molecule has 0 saturated carbocycles. The Morgan fingerprint density at radius 2 is 1.88 bits per heavy atom. The first-order valence-electron chi connectivity index (χ1n) is 8.40. The van der Waals surface area contributed by atoms with Crippen molar-refractivity contribution < 1.29 is 8.42 Å². The third-order valence-electron chi connectivity index (χ3n) is 3.69. The number of sulfonamides is 1. The predicted octanol–water partition coefficient (Wildman–Crippen LogP) is 1.10. The summed E-state index contributed by atoms with van der Waals surface area (Å²) in [5.41, 5.74) is 0. The van der Waals surface area contributed by atoms with E-state index in [1.165, 1.54) is 6.20 Å². The molecule has 26 heavy (non-hydrogen) atoms. The average Bonchev–Trinajstić information content (AvgIpc) is 2.94. The van der Waals surface area contributed by atoms with Crippen molar-refractivity contribution in [3.8, 4) is 0 Å². The Morgan fingerprint density at radius 1 is 1.19 bits per heavy atom. The van der Waals surface area contributed by atoms with E-state index in [1.807, 2.05) is 45.8 Å². The van der Waals surface area contributed by atoms with Crippen molar-refractivity contribution in [2.45, 2.75) is 31.7 Å². The molecule has 0 saturated heterocycles. The minimum atomic E-state index is -3.64. The van der Waals surface area contributed by atoms with Crippen LogP contribution in [0.25, 0.3) is 0 Å². The van der Waals surface area contributed by atoms with Crippen LogP contribution < -0.4 is 14.9 Å². The van der Waals surface area contributed by atoms with Crippen molar-refractivity contribution in [3.63, 3.8) is 0 Å². The lowest BCUT2D eigenvalue weighted by molar-refractivity contribution is 0.579. The Hall–Kier alpha value is -2.20. The van der Waals surface area contributed by atoms with Gasteiger partial charge in [-0.15, -0.1) is 0 Å². The van der Waals surface area contributed by atoms with Gasteiger partial charge in [-0.2, -0.15) is 0 Å². The minimum absolute atomic E-state index is 0.0384. The summed E-state index contributed by atoms with van der Waals surface area (Å²) in [5.74, 6) is 2.97. The van der Waals surface area contributed by atoms with Gasteiger partial charge in [0, 0.05) is 52.4 Å². The van der Waals surface area contributed by atoms with Crippen LogP contribution in [0.15, 0.2) is 17.3 Å². The van der Waals surface area contributed by atoms with Crippen LogP contribution in [0.5, 0.6) is 0 Å². The zero-order valence-electron chi connectivity index (χ0n) is 16.1. The van der Waals surface area contributed by atoms with Gasteiger partial charge >= 0.3 is 0 Å². The van der Waals surface area contributed by atoms with Gasteiger partial charge in [0.25, 0.3) is 10.0 Å². The van der Waals surface area contributed by atoms with E-state index in [0.29, 0.717) is 18.2 Å². The molecule has 9 nitrogen and oxygen atoms in total. The average molecular weight is 382 g/mol. The molecular formula is C16H27N7O2S. The first kappa shape index (κ1) is 20.1. The van der Waals surface area contributed by atoms with Gasteiger partial charge in [-0.1, -0.05) is 13.8 Å². The van der Waals surface area contributed by atoms with Crippen LogP contribution in [-0.4, -0.2) is 55.1 Å². The number of aryl methyl sites for hydroxylation is 2. The van der Waals surface area contributed by atoms with E-state index >= 15 is 0 Å². The van der Waals surface area contributed by atoms with Crippen LogP contribution in [0.1, 0.15) is 31.4 Å². The number of aromatic nitrogens is 4. The summed E-state index contributed by atoms with van der Waals surface area (Å²) < 4.78 is 29.1. The highest BCUT2D eigenvalue weighted by atomic mass is 32.2. The third kappa shape index (κ3) is 4.92. The smallest absolute Gasteiger partial charge is 0.259 e. The van der Waals surface area contributed by atoms with E-state index in [9.17, 15) is 8.42 Å². The lowest BCUT2D eigenvalue weighted by Crippen LogP contribution is -2.29. The normalized spacial score (nSPS) is 11.8. The van der Waals surface area contributed by atoms with Crippen molar-refractivity contribution >= 4 is 21.7 Å². The topological polar surface area (TPSA) is 105 Å². The number of anilines is 2. The molecule has 0 aliphatic carbocycles. The van der Waals surface area contributed by atoms with E-state index < -0.39 is 10.0 Å². The first-order chi connectivity index (χ1) is 12.1. The van der Waals surface area contributed by atoms with Gasteiger partial charge in [0.05, 0.1) is 0 Å². The summed E-state index contributed by atoms with van der Waals surface area (Å²) in [6.07, 6.45) is 1.53. The van der Waals surface area contributed by atoms with Gasteiger partial charge in [-0.05, 0) is 6.92 Å². The zero-order chi connectivity index (χ0) is 19.5. The molecule has 0 bridgehead atoms. The van der Waals surface area contributed by atoms with Gasteiger partial charge in [-0.3, -0.25) is 0 Å². The fourth-order valence-electron chi connectivity index (χ4n) is 2.44. The van der Waals surface area contributed by atoms with Gasteiger partial charge in [0.1, 0.15) is 23.3 Å². The van der Waals surface area contributed by atoms with Crippen molar-refractivity contribution in [2.24, 2.45) is 7.05 Å². The quantitative estimate of drug-likeness (QED) is 0.660. The molecule has 0 fully saturated rings. The monoisotopic (exact) mass is 381 g/mol. The van der Waals surface area contributed by atoms with E-state index in [2.05, 4.69) is 25.0 Å². The highest BCUT2D eigenvalue weighted by Crippen LogP contribution is 2.16. The minimum Gasteiger partial charge on any atom is -0.369 e. The van der Waals surface area contributed by atoms with Crippen LogP contribution in [0.2, 0.25) is 0 Å². The Balaban J connectivity index is 1.96. The fraction of sp³-hybridized carbons (Fsp3) is 0.562. The van der Waals surface area contributed by atoms with Gasteiger partial charge in [0.15, 0.2) is 5.03 Å². The maximum atomic E-state index is 12.4. The van der Waals surface area contributed by atoms with Crippen LogP contribution >= 0.6 is 0 Å². The van der Waals surface area contributed by atoms with E-state index in [4.69, 9.17) is 0 Å². The second-order valence-electron chi connectivity index (χ2n) is 6.58. The highest BCUT2D eigenvalue weighted by Gasteiger charge is 2.20. The molecule has 10 heteroatoms. The first-order valence-corrected chi connectivity index (χ1v) is 9.88. The summed E-state index contributed by atoms with van der Waals surface area (Å²) in [6.45, 7) is 6.38. The molecule has 0 atom stereocenters. The van der Waals surface area contributed by atoms with Gasteiger partial charge < -0.3 is 14.8 Å². The lowest BCUT2D eigenvalue weighted by atomic mass is 10.2. The Morgan fingerprint density at radius 3 is 2.46 bits per heavy atom. The number of hydrogen-bond donors (Lipinski definition) is 2. The number of hydrogen-bond acceptors (Lipinski definition) is 7. The molecule has 0 aliphatic heterocycles. The van der Waals surface area contributed by atoms with Crippen molar-refractivity contribution in [2.75, 3.05) is 37.4 Å². The lowest BCUT2D eigenvalue weighted by Gasteiger charge is -2.14. The zero-order valence-corrected chi connectivity index (χ0v) is 16.9. The number of nitrogens with zero attached hydrogens (tertiary/aromatic N) is 5. The maximum absolute atomic E-state index is 12.4. The van der Waals surface area contributed by atoms with Crippen molar-refractivity contribution in [3.05, 3.63) is 23.9 Å². The Bertz CT molecular complexity index is 859. The second kappa shape index (κ2) is 8.00. The second-order valence-corrected chi connectivity index (χ2v) is 8.29. The molecule has 0 radical (unpaired) electrons. The molecule has 2 N–H and O–H groups in total. The number of nitrogens with one attached hydrogen (secondary N) is 2. The third-order valence-corrected chi connectivity index (χ3v) is 5.02. The molecule has 0 aliphatic rings. The van der Waals surface area contributed by atoms with Gasteiger partial charge in [-0.25, -0.2) is 28.1 Å². The standard InChI is InChI=1S/C16H27N7O2S/c1-11(2)16-21-15(10-23(16)6)26(24,25)18-8-7-17-13-9-14(22(4)5)20-12(3)19-13/h9-11,18H,7-8H2,1-6H3,(H,17,19,20). The molecule has 0 amide bonds. The van der Waals surface area contributed by atoms with Crippen LogP contribution in [0, 0.1) is 6.92 Å². The summed E-state index contributed by atoms with van der Waals surface area (Å²) in [5, 5.41) is 3.15. The Labute approximate surface area is 154 Å². The largest absolute Gasteiger partial charge is 0.369 e. The van der Waals surface area contributed by atoms with E-state index in [0.717, 1.165) is 11.6 Å². The van der Waals surface area contributed by atoms with Crippen molar-refractivity contribution in [1.82, 2.24) is 24.2 Å². The summed E-state index contributed by atoms with van der Waals surface area (Å²) in [4.78, 5) is 14.7. The molecular weight excluding hydrogens is 354 g/mol. The van der Waals surface area contributed by atoms with Crippen molar-refractivity contribution in [1.29, 1.82) is 0 Å². The molecule has 0 spiro atoms. The van der Waals surface area contributed by atoms with E-state index in [-0.39, 0.29) is 17.5 Å². The molecule has 0 unspecified atom stereocenters. The maximum Gasteiger partial charge on any atom is 0.259 e. The Kier molecular flexibility index (Phi) is 6.19. The van der Waals surface area contributed by atoms with Crippen LogP contribution in [0.4, 0.5) is 11.6 Å². The number of imidazole rings is 1. The molecule has 2 aromatic heterocycles. The highest BCUT2D eigenvalue weighted by molar-refractivity contribution is 7.89. The van der Waals surface area contributed by atoms with Crippen LogP contribution in [-0.2, 0) is 17.1 Å². The van der Waals surface area contributed by atoms with E-state index in [1.54, 1.807) is 11.6 Å². The molecule has 144 valence electrons. The molecule has 2 heterocycles. The summed E-state index contributed by atoms with van der Waals surface area (Å²) >= 11 is 0. The fourth-order valence-corrected chi connectivity index (χ4v) is 3.47.